The van der Waals surface area contributed by atoms with E-state index in [-0.39, 0.29) is 11.4 Å². The van der Waals surface area contributed by atoms with Crippen molar-refractivity contribution in [2.24, 2.45) is 5.41 Å². The number of hydrogen-bond acceptors (Lipinski definition) is 3. The summed E-state index contributed by atoms with van der Waals surface area (Å²) in [6.07, 6.45) is 4.25. The predicted octanol–water partition coefficient (Wildman–Crippen LogP) is 1.28. The van der Waals surface area contributed by atoms with E-state index >= 15 is 0 Å². The Kier molecular flexibility index (Phi) is 3.44. The lowest BCUT2D eigenvalue weighted by Gasteiger charge is -2.42. The maximum absolute atomic E-state index is 12.5. The van der Waals surface area contributed by atoms with Gasteiger partial charge in [0.1, 0.15) is 6.04 Å². The molecule has 1 aromatic heterocycles. The van der Waals surface area contributed by atoms with Crippen LogP contribution in [0.2, 0.25) is 0 Å². The molecule has 1 aliphatic rings. The number of nitrogens with zero attached hydrogens (tertiary/aromatic N) is 1. The summed E-state index contributed by atoms with van der Waals surface area (Å²) in [4.78, 5) is 14.3. The topological polar surface area (TPSA) is 90.5 Å². The fourth-order valence-corrected chi connectivity index (χ4v) is 4.42. The molecule has 2 N–H and O–H groups in total. The fraction of sp³-hybridized carbons (Fsp3) is 0.583. The number of hydrogen-bond donors (Lipinski definition) is 2. The van der Waals surface area contributed by atoms with Gasteiger partial charge in [-0.05, 0) is 24.3 Å². The summed E-state index contributed by atoms with van der Waals surface area (Å²) in [5.41, 5.74) is -0.576. The number of piperidine rings is 1. The minimum Gasteiger partial charge on any atom is -0.480 e. The normalized spacial score (nSPS) is 24.2. The van der Waals surface area contributed by atoms with Crippen molar-refractivity contribution in [3.05, 3.63) is 18.5 Å². The van der Waals surface area contributed by atoms with Crippen molar-refractivity contribution in [2.75, 3.05) is 6.54 Å². The number of carboxylic acid groups (broad SMARTS) is 1. The predicted molar refractivity (Wildman–Crippen MR) is 69.1 cm³/mol. The smallest absolute Gasteiger partial charge is 0.322 e. The molecule has 1 aliphatic heterocycles. The summed E-state index contributed by atoms with van der Waals surface area (Å²) in [6, 6.07) is 0.414. The van der Waals surface area contributed by atoms with Crippen LogP contribution in [0.25, 0.3) is 0 Å². The Morgan fingerprint density at radius 3 is 2.74 bits per heavy atom. The van der Waals surface area contributed by atoms with E-state index in [4.69, 9.17) is 0 Å². The quantitative estimate of drug-likeness (QED) is 0.875. The molecule has 0 aromatic carbocycles. The zero-order valence-corrected chi connectivity index (χ0v) is 11.8. The number of sulfonamides is 1. The first-order valence-electron chi connectivity index (χ1n) is 6.14. The molecule has 106 valence electrons. The van der Waals surface area contributed by atoms with E-state index in [2.05, 4.69) is 4.98 Å². The number of carboxylic acids is 1. The first-order chi connectivity index (χ1) is 8.77. The molecule has 0 radical (unpaired) electrons. The van der Waals surface area contributed by atoms with Crippen molar-refractivity contribution in [1.29, 1.82) is 0 Å². The average molecular weight is 286 g/mol. The number of carbonyl (C=O) groups is 1. The van der Waals surface area contributed by atoms with Gasteiger partial charge in [-0.3, -0.25) is 4.79 Å². The molecule has 0 bridgehead atoms. The van der Waals surface area contributed by atoms with Crippen molar-refractivity contribution in [3.8, 4) is 0 Å². The number of H-pyrrole nitrogens is 1. The Labute approximate surface area is 112 Å². The molecule has 2 rings (SSSR count). The largest absolute Gasteiger partial charge is 0.480 e. The molecule has 1 aromatic rings. The summed E-state index contributed by atoms with van der Waals surface area (Å²) in [6.45, 7) is 3.84. The molecule has 1 fully saturated rings. The van der Waals surface area contributed by atoms with Crippen LogP contribution in [0.5, 0.6) is 0 Å². The van der Waals surface area contributed by atoms with Crippen LogP contribution in [0.1, 0.15) is 26.7 Å². The number of aromatic amines is 1. The van der Waals surface area contributed by atoms with E-state index in [1.165, 1.54) is 18.5 Å². The molecule has 6 nitrogen and oxygen atoms in total. The summed E-state index contributed by atoms with van der Waals surface area (Å²) in [7, 11) is -3.76. The Balaban J connectivity index is 2.45. The van der Waals surface area contributed by atoms with E-state index in [9.17, 15) is 18.3 Å². The van der Waals surface area contributed by atoms with Crippen LogP contribution >= 0.6 is 0 Å². The highest BCUT2D eigenvalue weighted by Crippen LogP contribution is 2.38. The van der Waals surface area contributed by atoms with E-state index in [1.807, 2.05) is 0 Å². The molecule has 2 heterocycles. The van der Waals surface area contributed by atoms with Crippen molar-refractivity contribution in [3.63, 3.8) is 0 Å². The SMILES string of the molecule is CC1(C)CCCN(S(=O)(=O)c2cc[nH]c2)C1C(=O)O. The van der Waals surface area contributed by atoms with Gasteiger partial charge in [-0.25, -0.2) is 8.42 Å². The zero-order chi connectivity index (χ0) is 14.3. The second-order valence-electron chi connectivity index (χ2n) is 5.50. The number of nitrogens with one attached hydrogen (secondary N) is 1. The lowest BCUT2D eigenvalue weighted by molar-refractivity contribution is -0.147. The third kappa shape index (κ3) is 2.40. The van der Waals surface area contributed by atoms with Crippen LogP contribution in [0, 0.1) is 5.41 Å². The highest BCUT2D eigenvalue weighted by Gasteiger charge is 2.47. The minimum absolute atomic E-state index is 0.108. The van der Waals surface area contributed by atoms with Gasteiger partial charge in [0.05, 0.1) is 4.90 Å². The molecular formula is C12H18N2O4S. The summed E-state index contributed by atoms with van der Waals surface area (Å²) in [5, 5.41) is 9.39. The Hall–Kier alpha value is -1.34. The van der Waals surface area contributed by atoms with Gasteiger partial charge in [-0.2, -0.15) is 4.31 Å². The lowest BCUT2D eigenvalue weighted by atomic mass is 9.77. The highest BCUT2D eigenvalue weighted by atomic mass is 32.2. The summed E-state index contributed by atoms with van der Waals surface area (Å²) in [5.74, 6) is -1.09. The number of rotatable bonds is 3. The Morgan fingerprint density at radius 1 is 1.53 bits per heavy atom. The number of aliphatic carboxylic acids is 1. The minimum atomic E-state index is -3.76. The van der Waals surface area contributed by atoms with E-state index in [0.29, 0.717) is 12.8 Å². The maximum atomic E-state index is 12.5. The molecule has 1 unspecified atom stereocenters. The van der Waals surface area contributed by atoms with Crippen LogP contribution in [0.15, 0.2) is 23.4 Å². The van der Waals surface area contributed by atoms with E-state index in [0.717, 1.165) is 4.31 Å². The average Bonchev–Trinajstić information content (AvgIpc) is 2.80. The van der Waals surface area contributed by atoms with Crippen LogP contribution in [-0.2, 0) is 14.8 Å². The standard InChI is InChI=1S/C12H18N2O4S/c1-12(2)5-3-7-14(10(12)11(15)16)19(17,18)9-4-6-13-8-9/h4,6,8,10,13H,3,5,7H2,1-2H3,(H,15,16). The summed E-state index contributed by atoms with van der Waals surface area (Å²) < 4.78 is 26.1. The van der Waals surface area contributed by atoms with Crippen LogP contribution in [0.4, 0.5) is 0 Å². The molecule has 19 heavy (non-hydrogen) atoms. The second kappa shape index (κ2) is 4.64. The van der Waals surface area contributed by atoms with Gasteiger partial charge < -0.3 is 10.1 Å². The number of aromatic nitrogens is 1. The van der Waals surface area contributed by atoms with Crippen LogP contribution < -0.4 is 0 Å². The fourth-order valence-electron chi connectivity index (χ4n) is 2.67. The molecule has 0 amide bonds. The molecule has 7 heteroatoms. The van der Waals surface area contributed by atoms with Crippen molar-refractivity contribution >= 4 is 16.0 Å². The van der Waals surface area contributed by atoms with Gasteiger partial charge in [0.2, 0.25) is 10.0 Å². The first-order valence-corrected chi connectivity index (χ1v) is 7.58. The Morgan fingerprint density at radius 2 is 2.21 bits per heavy atom. The summed E-state index contributed by atoms with van der Waals surface area (Å²) >= 11 is 0. The van der Waals surface area contributed by atoms with Gasteiger partial charge in [0.15, 0.2) is 0 Å². The second-order valence-corrected chi connectivity index (χ2v) is 7.39. The van der Waals surface area contributed by atoms with Crippen LogP contribution in [-0.4, -0.2) is 41.4 Å². The molecule has 1 atom stereocenters. The molecule has 0 saturated carbocycles. The van der Waals surface area contributed by atoms with E-state index in [1.54, 1.807) is 13.8 Å². The van der Waals surface area contributed by atoms with Gasteiger partial charge in [0.25, 0.3) is 0 Å². The maximum Gasteiger partial charge on any atom is 0.322 e. The van der Waals surface area contributed by atoms with Gasteiger partial charge in [-0.1, -0.05) is 13.8 Å². The zero-order valence-electron chi connectivity index (χ0n) is 11.0. The first kappa shape index (κ1) is 14.1. The van der Waals surface area contributed by atoms with E-state index < -0.39 is 27.4 Å². The molecule has 0 aliphatic carbocycles. The van der Waals surface area contributed by atoms with Crippen molar-refractivity contribution in [2.45, 2.75) is 37.6 Å². The van der Waals surface area contributed by atoms with Crippen molar-refractivity contribution in [1.82, 2.24) is 9.29 Å². The molecular weight excluding hydrogens is 268 g/mol. The van der Waals surface area contributed by atoms with Gasteiger partial charge >= 0.3 is 5.97 Å². The Bertz CT molecular complexity index is 563. The third-order valence-electron chi connectivity index (χ3n) is 3.64. The highest BCUT2D eigenvalue weighted by molar-refractivity contribution is 7.89. The lowest BCUT2D eigenvalue weighted by Crippen LogP contribution is -2.56. The molecule has 1 saturated heterocycles. The van der Waals surface area contributed by atoms with Gasteiger partial charge in [0, 0.05) is 18.9 Å². The van der Waals surface area contributed by atoms with Gasteiger partial charge in [-0.15, -0.1) is 0 Å². The monoisotopic (exact) mass is 286 g/mol. The van der Waals surface area contributed by atoms with Crippen molar-refractivity contribution < 1.29 is 18.3 Å². The third-order valence-corrected chi connectivity index (χ3v) is 5.50. The molecule has 0 spiro atoms. The van der Waals surface area contributed by atoms with Crippen LogP contribution in [0.3, 0.4) is 0 Å².